The predicted molar refractivity (Wildman–Crippen MR) is 62.9 cm³/mol. The number of carbonyl (C=O) groups is 1. The number of nitrogens with zero attached hydrogens (tertiary/aromatic N) is 1. The van der Waals surface area contributed by atoms with Gasteiger partial charge in [0.2, 0.25) is 5.91 Å². The molecular weight excluding hydrogens is 204 g/mol. The summed E-state index contributed by atoms with van der Waals surface area (Å²) in [5.74, 6) is 0.586. The van der Waals surface area contributed by atoms with E-state index < -0.39 is 0 Å². The first-order valence-corrected chi connectivity index (χ1v) is 5.57. The molecule has 16 heavy (non-hydrogen) atoms. The number of aliphatic hydroxyl groups is 1. The Morgan fingerprint density at radius 3 is 2.56 bits per heavy atom. The maximum absolute atomic E-state index is 11.7. The van der Waals surface area contributed by atoms with E-state index in [1.165, 1.54) is 0 Å². The molecule has 1 heterocycles. The van der Waals surface area contributed by atoms with Crippen molar-refractivity contribution in [3.8, 4) is 0 Å². The number of carbonyl (C=O) groups excluding carboxylic acids is 1. The molecule has 4 heteroatoms. The van der Waals surface area contributed by atoms with E-state index in [0.29, 0.717) is 5.82 Å². The third kappa shape index (κ3) is 3.31. The number of aliphatic hydroxyl groups excluding tert-OH is 1. The number of pyridine rings is 1. The maximum atomic E-state index is 11.7. The molecule has 0 saturated heterocycles. The van der Waals surface area contributed by atoms with Gasteiger partial charge in [-0.05, 0) is 24.5 Å². The largest absolute Gasteiger partial charge is 0.392 e. The fourth-order valence-corrected chi connectivity index (χ4v) is 1.48. The average molecular weight is 222 g/mol. The third-order valence-corrected chi connectivity index (χ3v) is 2.61. The Balaban J connectivity index is 2.62. The molecule has 1 amide bonds. The van der Waals surface area contributed by atoms with Crippen LogP contribution in [0.2, 0.25) is 0 Å². The van der Waals surface area contributed by atoms with Crippen LogP contribution in [-0.2, 0) is 11.4 Å². The Labute approximate surface area is 95.7 Å². The summed E-state index contributed by atoms with van der Waals surface area (Å²) in [6.07, 6.45) is 3.22. The second kappa shape index (κ2) is 6.23. The summed E-state index contributed by atoms with van der Waals surface area (Å²) in [5.41, 5.74) is 0.737. The zero-order chi connectivity index (χ0) is 12.0. The van der Waals surface area contributed by atoms with Crippen molar-refractivity contribution in [2.24, 2.45) is 5.92 Å². The van der Waals surface area contributed by atoms with Gasteiger partial charge in [-0.1, -0.05) is 19.9 Å². The molecular formula is C12H18N2O2. The molecule has 0 unspecified atom stereocenters. The smallest absolute Gasteiger partial charge is 0.228 e. The molecule has 0 saturated carbocycles. The number of amides is 1. The average Bonchev–Trinajstić information content (AvgIpc) is 2.31. The molecule has 0 fully saturated rings. The van der Waals surface area contributed by atoms with Crippen LogP contribution in [0.5, 0.6) is 0 Å². The van der Waals surface area contributed by atoms with Crippen LogP contribution in [0, 0.1) is 5.92 Å². The maximum Gasteiger partial charge on any atom is 0.228 e. The zero-order valence-electron chi connectivity index (χ0n) is 9.73. The van der Waals surface area contributed by atoms with Crippen LogP contribution in [-0.4, -0.2) is 16.0 Å². The lowest BCUT2D eigenvalue weighted by atomic mass is 10.0. The van der Waals surface area contributed by atoms with Gasteiger partial charge < -0.3 is 10.4 Å². The predicted octanol–water partition coefficient (Wildman–Crippen LogP) is 1.95. The Morgan fingerprint density at radius 1 is 1.44 bits per heavy atom. The number of hydrogen-bond acceptors (Lipinski definition) is 3. The summed E-state index contributed by atoms with van der Waals surface area (Å²) >= 11 is 0. The lowest BCUT2D eigenvalue weighted by Gasteiger charge is -2.12. The van der Waals surface area contributed by atoms with Crippen LogP contribution in [0.3, 0.4) is 0 Å². The second-order valence-corrected chi connectivity index (χ2v) is 3.71. The van der Waals surface area contributed by atoms with E-state index in [9.17, 15) is 4.79 Å². The first-order valence-electron chi connectivity index (χ1n) is 5.57. The molecule has 0 bridgehead atoms. The Hall–Kier alpha value is -1.42. The van der Waals surface area contributed by atoms with Gasteiger partial charge in [0.15, 0.2) is 0 Å². The van der Waals surface area contributed by atoms with E-state index >= 15 is 0 Å². The summed E-state index contributed by atoms with van der Waals surface area (Å²) < 4.78 is 0. The van der Waals surface area contributed by atoms with Gasteiger partial charge >= 0.3 is 0 Å². The van der Waals surface area contributed by atoms with Crippen LogP contribution < -0.4 is 5.32 Å². The summed E-state index contributed by atoms with van der Waals surface area (Å²) in [7, 11) is 0. The van der Waals surface area contributed by atoms with Crippen molar-refractivity contribution in [3.63, 3.8) is 0 Å². The van der Waals surface area contributed by atoms with Crippen LogP contribution in [0.4, 0.5) is 5.82 Å². The lowest BCUT2D eigenvalue weighted by molar-refractivity contribution is -0.120. The van der Waals surface area contributed by atoms with Crippen molar-refractivity contribution in [2.75, 3.05) is 5.32 Å². The van der Waals surface area contributed by atoms with Crippen molar-refractivity contribution < 1.29 is 9.90 Å². The standard InChI is InChI=1S/C12H18N2O2/c1-3-10(4-2)12(16)14-11-6-5-9(8-15)7-13-11/h5-7,10,15H,3-4,8H2,1-2H3,(H,13,14,16). The number of nitrogens with one attached hydrogen (secondary N) is 1. The van der Waals surface area contributed by atoms with E-state index in [1.54, 1.807) is 18.3 Å². The van der Waals surface area contributed by atoms with Crippen LogP contribution >= 0.6 is 0 Å². The molecule has 0 aliphatic carbocycles. The van der Waals surface area contributed by atoms with Crippen molar-refractivity contribution in [1.82, 2.24) is 4.98 Å². The van der Waals surface area contributed by atoms with E-state index in [0.717, 1.165) is 18.4 Å². The van der Waals surface area contributed by atoms with Gasteiger partial charge in [0, 0.05) is 12.1 Å². The van der Waals surface area contributed by atoms with Crippen LogP contribution in [0.1, 0.15) is 32.3 Å². The molecule has 88 valence electrons. The normalized spacial score (nSPS) is 10.5. The molecule has 1 aromatic rings. The first-order chi connectivity index (χ1) is 7.71. The molecule has 2 N–H and O–H groups in total. The molecule has 0 radical (unpaired) electrons. The fraction of sp³-hybridized carbons (Fsp3) is 0.500. The van der Waals surface area contributed by atoms with Crippen molar-refractivity contribution >= 4 is 11.7 Å². The highest BCUT2D eigenvalue weighted by molar-refractivity contribution is 5.91. The van der Waals surface area contributed by atoms with Crippen molar-refractivity contribution in [2.45, 2.75) is 33.3 Å². The van der Waals surface area contributed by atoms with Gasteiger partial charge in [0.05, 0.1) is 6.61 Å². The highest BCUT2D eigenvalue weighted by atomic mass is 16.3. The number of aromatic nitrogens is 1. The van der Waals surface area contributed by atoms with E-state index in [1.807, 2.05) is 13.8 Å². The minimum Gasteiger partial charge on any atom is -0.392 e. The summed E-state index contributed by atoms with van der Waals surface area (Å²) in [5, 5.41) is 11.6. The summed E-state index contributed by atoms with van der Waals surface area (Å²) in [6, 6.07) is 3.45. The van der Waals surface area contributed by atoms with Crippen LogP contribution in [0.25, 0.3) is 0 Å². The van der Waals surface area contributed by atoms with Gasteiger partial charge in [-0.3, -0.25) is 4.79 Å². The molecule has 0 aromatic carbocycles. The molecule has 0 aliphatic heterocycles. The Morgan fingerprint density at radius 2 is 2.12 bits per heavy atom. The first kappa shape index (κ1) is 12.6. The Bertz CT molecular complexity index is 331. The van der Waals surface area contributed by atoms with E-state index in [-0.39, 0.29) is 18.4 Å². The van der Waals surface area contributed by atoms with Gasteiger partial charge in [-0.2, -0.15) is 0 Å². The number of hydrogen-bond donors (Lipinski definition) is 2. The molecule has 1 aromatic heterocycles. The summed E-state index contributed by atoms with van der Waals surface area (Å²) in [6.45, 7) is 3.96. The molecule has 4 nitrogen and oxygen atoms in total. The molecule has 0 atom stereocenters. The SMILES string of the molecule is CCC(CC)C(=O)Nc1ccc(CO)cn1. The van der Waals surface area contributed by atoms with E-state index in [4.69, 9.17) is 5.11 Å². The minimum atomic E-state index is -0.0340. The highest BCUT2D eigenvalue weighted by Gasteiger charge is 2.14. The monoisotopic (exact) mass is 222 g/mol. The van der Waals surface area contributed by atoms with Gasteiger partial charge in [-0.25, -0.2) is 4.98 Å². The molecule has 1 rings (SSSR count). The topological polar surface area (TPSA) is 62.2 Å². The number of anilines is 1. The second-order valence-electron chi connectivity index (χ2n) is 3.71. The molecule has 0 aliphatic rings. The van der Waals surface area contributed by atoms with Crippen LogP contribution in [0.15, 0.2) is 18.3 Å². The third-order valence-electron chi connectivity index (χ3n) is 2.61. The summed E-state index contributed by atoms with van der Waals surface area (Å²) in [4.78, 5) is 15.8. The zero-order valence-corrected chi connectivity index (χ0v) is 9.73. The number of rotatable bonds is 5. The van der Waals surface area contributed by atoms with Crippen molar-refractivity contribution in [3.05, 3.63) is 23.9 Å². The van der Waals surface area contributed by atoms with Gasteiger partial charge in [0.25, 0.3) is 0 Å². The van der Waals surface area contributed by atoms with E-state index in [2.05, 4.69) is 10.3 Å². The minimum absolute atomic E-state index is 0.00856. The van der Waals surface area contributed by atoms with Gasteiger partial charge in [0.1, 0.15) is 5.82 Å². The highest BCUT2D eigenvalue weighted by Crippen LogP contribution is 2.11. The quantitative estimate of drug-likeness (QED) is 0.800. The lowest BCUT2D eigenvalue weighted by Crippen LogP contribution is -2.22. The molecule has 0 spiro atoms. The Kier molecular flexibility index (Phi) is 4.92. The van der Waals surface area contributed by atoms with Crippen molar-refractivity contribution in [1.29, 1.82) is 0 Å². The van der Waals surface area contributed by atoms with Gasteiger partial charge in [-0.15, -0.1) is 0 Å². The fourth-order valence-electron chi connectivity index (χ4n) is 1.48.